The molecule has 0 radical (unpaired) electrons. The fraction of sp³-hybridized carbons (Fsp3) is 0.500. The second-order valence-corrected chi connectivity index (χ2v) is 5.17. The highest BCUT2D eigenvalue weighted by atomic mass is 35.5. The minimum atomic E-state index is 0.0815. The minimum Gasteiger partial charge on any atom is -0.352 e. The molecule has 1 fully saturated rings. The molecule has 0 heterocycles. The monoisotopic (exact) mass is 266 g/mol. The maximum Gasteiger partial charge on any atom is 0.234 e. The van der Waals surface area contributed by atoms with Crippen LogP contribution in [0.3, 0.4) is 0 Å². The van der Waals surface area contributed by atoms with Crippen molar-refractivity contribution in [2.75, 3.05) is 6.54 Å². The lowest BCUT2D eigenvalue weighted by atomic mass is 10.0. The highest BCUT2D eigenvalue weighted by Crippen LogP contribution is 2.20. The summed E-state index contributed by atoms with van der Waals surface area (Å²) in [6.45, 7) is 2.46. The maximum absolute atomic E-state index is 11.6. The molecule has 0 saturated heterocycles. The molecular formula is C14H19ClN2O. The Bertz CT molecular complexity index is 418. The van der Waals surface area contributed by atoms with E-state index in [0.29, 0.717) is 12.6 Å². The van der Waals surface area contributed by atoms with E-state index in [1.165, 1.54) is 0 Å². The van der Waals surface area contributed by atoms with E-state index in [1.807, 2.05) is 24.3 Å². The third-order valence-corrected chi connectivity index (χ3v) is 3.35. The van der Waals surface area contributed by atoms with Crippen LogP contribution < -0.4 is 10.6 Å². The lowest BCUT2D eigenvalue weighted by Crippen LogP contribution is -2.36. The first kappa shape index (κ1) is 13.4. The third kappa shape index (κ3) is 4.00. The second kappa shape index (κ2) is 6.21. The summed E-state index contributed by atoms with van der Waals surface area (Å²) in [5, 5.41) is 6.98. The van der Waals surface area contributed by atoms with Crippen LogP contribution in [0.15, 0.2) is 24.3 Å². The molecule has 18 heavy (non-hydrogen) atoms. The molecule has 1 aliphatic rings. The number of halogens is 1. The second-order valence-electron chi connectivity index (χ2n) is 4.74. The molecule has 1 aliphatic carbocycles. The SMILES string of the molecule is CCC(NCC(=O)NC1CC1)c1cccc(Cl)c1. The topological polar surface area (TPSA) is 41.1 Å². The van der Waals surface area contributed by atoms with Crippen LogP contribution in [0.25, 0.3) is 0 Å². The Morgan fingerprint density at radius 1 is 1.50 bits per heavy atom. The van der Waals surface area contributed by atoms with E-state index in [-0.39, 0.29) is 11.9 Å². The molecule has 98 valence electrons. The van der Waals surface area contributed by atoms with E-state index >= 15 is 0 Å². The molecule has 1 aromatic rings. The van der Waals surface area contributed by atoms with Crippen molar-refractivity contribution < 1.29 is 4.79 Å². The Balaban J connectivity index is 1.86. The average Bonchev–Trinajstić information content (AvgIpc) is 3.14. The molecule has 1 saturated carbocycles. The molecule has 4 heteroatoms. The molecule has 0 bridgehead atoms. The Labute approximate surface area is 113 Å². The van der Waals surface area contributed by atoms with Gasteiger partial charge >= 0.3 is 0 Å². The molecule has 0 aromatic heterocycles. The summed E-state index contributed by atoms with van der Waals surface area (Å²) in [6.07, 6.45) is 3.17. The molecule has 1 atom stereocenters. The van der Waals surface area contributed by atoms with Crippen LogP contribution in [0.5, 0.6) is 0 Å². The fourth-order valence-corrected chi connectivity index (χ4v) is 2.14. The van der Waals surface area contributed by atoms with E-state index in [4.69, 9.17) is 11.6 Å². The van der Waals surface area contributed by atoms with Gasteiger partial charge in [-0.05, 0) is 37.0 Å². The summed E-state index contributed by atoms with van der Waals surface area (Å²) >= 11 is 5.98. The molecule has 3 nitrogen and oxygen atoms in total. The van der Waals surface area contributed by atoms with Crippen LogP contribution in [0.4, 0.5) is 0 Å². The summed E-state index contributed by atoms with van der Waals surface area (Å²) in [5.74, 6) is 0.0815. The van der Waals surface area contributed by atoms with Crippen molar-refractivity contribution in [2.24, 2.45) is 0 Å². The number of carbonyl (C=O) groups is 1. The number of amides is 1. The average molecular weight is 267 g/mol. The zero-order valence-electron chi connectivity index (χ0n) is 10.6. The number of carbonyl (C=O) groups excluding carboxylic acids is 1. The molecule has 2 rings (SSSR count). The van der Waals surface area contributed by atoms with Crippen LogP contribution in [0.2, 0.25) is 5.02 Å². The van der Waals surface area contributed by atoms with Crippen molar-refractivity contribution in [1.29, 1.82) is 0 Å². The largest absolute Gasteiger partial charge is 0.352 e. The highest BCUT2D eigenvalue weighted by Gasteiger charge is 2.23. The summed E-state index contributed by atoms with van der Waals surface area (Å²) < 4.78 is 0. The van der Waals surface area contributed by atoms with Gasteiger partial charge in [-0.3, -0.25) is 4.79 Å². The lowest BCUT2D eigenvalue weighted by molar-refractivity contribution is -0.120. The smallest absolute Gasteiger partial charge is 0.234 e. The maximum atomic E-state index is 11.6. The van der Waals surface area contributed by atoms with Crippen molar-refractivity contribution in [1.82, 2.24) is 10.6 Å². The minimum absolute atomic E-state index is 0.0815. The van der Waals surface area contributed by atoms with Crippen molar-refractivity contribution in [3.63, 3.8) is 0 Å². The number of rotatable bonds is 6. The Morgan fingerprint density at radius 2 is 2.28 bits per heavy atom. The first-order valence-electron chi connectivity index (χ1n) is 6.47. The lowest BCUT2D eigenvalue weighted by Gasteiger charge is -2.17. The van der Waals surface area contributed by atoms with Crippen molar-refractivity contribution in [3.8, 4) is 0 Å². The van der Waals surface area contributed by atoms with Gasteiger partial charge in [0.1, 0.15) is 0 Å². The van der Waals surface area contributed by atoms with Crippen molar-refractivity contribution in [3.05, 3.63) is 34.9 Å². The standard InChI is InChI=1S/C14H19ClN2O/c1-2-13(10-4-3-5-11(15)8-10)16-9-14(18)17-12-6-7-12/h3-5,8,12-13,16H,2,6-7,9H2,1H3,(H,17,18). The van der Waals surface area contributed by atoms with Crippen LogP contribution in [-0.2, 0) is 4.79 Å². The fourth-order valence-electron chi connectivity index (χ4n) is 1.94. The zero-order chi connectivity index (χ0) is 13.0. The molecular weight excluding hydrogens is 248 g/mol. The van der Waals surface area contributed by atoms with Gasteiger partial charge in [-0.1, -0.05) is 30.7 Å². The Kier molecular flexibility index (Phi) is 4.61. The van der Waals surface area contributed by atoms with Gasteiger partial charge in [-0.25, -0.2) is 0 Å². The van der Waals surface area contributed by atoms with Gasteiger partial charge in [0.15, 0.2) is 0 Å². The summed E-state index contributed by atoms with van der Waals surface area (Å²) in [6, 6.07) is 8.37. The number of hydrogen-bond donors (Lipinski definition) is 2. The molecule has 0 aliphatic heterocycles. The van der Waals surface area contributed by atoms with E-state index in [0.717, 1.165) is 29.8 Å². The van der Waals surface area contributed by atoms with Gasteiger partial charge in [0, 0.05) is 17.1 Å². The first-order valence-corrected chi connectivity index (χ1v) is 6.85. The number of benzene rings is 1. The van der Waals surface area contributed by atoms with Crippen LogP contribution in [-0.4, -0.2) is 18.5 Å². The van der Waals surface area contributed by atoms with Gasteiger partial charge in [-0.2, -0.15) is 0 Å². The van der Waals surface area contributed by atoms with Crippen LogP contribution >= 0.6 is 11.6 Å². The third-order valence-electron chi connectivity index (χ3n) is 3.11. The van der Waals surface area contributed by atoms with Gasteiger partial charge in [0.25, 0.3) is 0 Å². The highest BCUT2D eigenvalue weighted by molar-refractivity contribution is 6.30. The van der Waals surface area contributed by atoms with E-state index < -0.39 is 0 Å². The van der Waals surface area contributed by atoms with Gasteiger partial charge in [0.05, 0.1) is 6.54 Å². The van der Waals surface area contributed by atoms with E-state index in [1.54, 1.807) is 0 Å². The predicted molar refractivity (Wildman–Crippen MR) is 73.7 cm³/mol. The molecule has 1 amide bonds. The summed E-state index contributed by atoms with van der Waals surface area (Å²) in [5.41, 5.74) is 1.13. The summed E-state index contributed by atoms with van der Waals surface area (Å²) in [4.78, 5) is 11.6. The van der Waals surface area contributed by atoms with Gasteiger partial charge in [-0.15, -0.1) is 0 Å². The molecule has 1 unspecified atom stereocenters. The number of hydrogen-bond acceptors (Lipinski definition) is 2. The predicted octanol–water partition coefficient (Wildman–Crippen LogP) is 2.66. The van der Waals surface area contributed by atoms with Crippen molar-refractivity contribution >= 4 is 17.5 Å². The normalized spacial score (nSPS) is 16.3. The van der Waals surface area contributed by atoms with Crippen molar-refractivity contribution in [2.45, 2.75) is 38.3 Å². The number of nitrogens with one attached hydrogen (secondary N) is 2. The van der Waals surface area contributed by atoms with Gasteiger partial charge in [0.2, 0.25) is 5.91 Å². The Hall–Kier alpha value is -1.06. The van der Waals surface area contributed by atoms with Crippen LogP contribution in [0, 0.1) is 0 Å². The Morgan fingerprint density at radius 3 is 2.89 bits per heavy atom. The van der Waals surface area contributed by atoms with Gasteiger partial charge < -0.3 is 10.6 Å². The van der Waals surface area contributed by atoms with E-state index in [9.17, 15) is 4.79 Å². The van der Waals surface area contributed by atoms with Crippen LogP contribution in [0.1, 0.15) is 37.8 Å². The zero-order valence-corrected chi connectivity index (χ0v) is 11.3. The molecule has 2 N–H and O–H groups in total. The first-order chi connectivity index (χ1) is 8.69. The van der Waals surface area contributed by atoms with E-state index in [2.05, 4.69) is 17.6 Å². The quantitative estimate of drug-likeness (QED) is 0.831. The summed E-state index contributed by atoms with van der Waals surface area (Å²) in [7, 11) is 0. The molecule has 1 aromatic carbocycles. The molecule has 0 spiro atoms.